The van der Waals surface area contributed by atoms with Gasteiger partial charge in [0.05, 0.1) is 6.54 Å². The van der Waals surface area contributed by atoms with Crippen LogP contribution in [0.2, 0.25) is 0 Å². The van der Waals surface area contributed by atoms with Crippen molar-refractivity contribution >= 4 is 12.4 Å². The minimum atomic E-state index is -0.473. The lowest BCUT2D eigenvalue weighted by Crippen LogP contribution is -2.46. The molecule has 0 aliphatic carbocycles. The van der Waals surface area contributed by atoms with E-state index in [-0.39, 0.29) is 13.0 Å². The molecule has 5 heteroatoms. The van der Waals surface area contributed by atoms with Gasteiger partial charge in [-0.15, -0.1) is 0 Å². The average Bonchev–Trinajstić information content (AvgIpc) is 2.09. The predicted octanol–water partition coefficient (Wildman–Crippen LogP) is -1.07. The van der Waals surface area contributed by atoms with Gasteiger partial charge in [-0.3, -0.25) is 14.5 Å². The van der Waals surface area contributed by atoms with Crippen molar-refractivity contribution in [2.45, 2.75) is 0 Å². The summed E-state index contributed by atoms with van der Waals surface area (Å²) in [7, 11) is 2.04. The van der Waals surface area contributed by atoms with E-state index in [0.29, 0.717) is 0 Å². The van der Waals surface area contributed by atoms with E-state index < -0.39 is 5.97 Å². The molecule has 1 saturated heterocycles. The van der Waals surface area contributed by atoms with Gasteiger partial charge in [-0.05, 0) is 7.05 Å². The first-order chi connectivity index (χ1) is 6.22. The van der Waals surface area contributed by atoms with Gasteiger partial charge in [-0.2, -0.15) is 0 Å². The summed E-state index contributed by atoms with van der Waals surface area (Å²) in [6.45, 7) is 4.00. The summed E-state index contributed by atoms with van der Waals surface area (Å²) in [5.41, 5.74) is 0. The molecule has 0 aromatic heterocycles. The number of nitrogens with zero attached hydrogens (tertiary/aromatic N) is 2. The van der Waals surface area contributed by atoms with E-state index in [4.69, 9.17) is 0 Å². The Morgan fingerprint density at radius 3 is 2.54 bits per heavy atom. The summed E-state index contributed by atoms with van der Waals surface area (Å²) >= 11 is 0. The maximum Gasteiger partial charge on any atom is 0.327 e. The van der Waals surface area contributed by atoms with Crippen LogP contribution in [0.5, 0.6) is 0 Å². The number of piperazine rings is 1. The third-order valence-electron chi connectivity index (χ3n) is 2.13. The molecule has 0 radical (unpaired) electrons. The van der Waals surface area contributed by atoms with Gasteiger partial charge in [0, 0.05) is 26.2 Å². The van der Waals surface area contributed by atoms with Crippen LogP contribution in [0.3, 0.4) is 0 Å². The Morgan fingerprint density at radius 1 is 1.38 bits per heavy atom. The molecule has 74 valence electrons. The highest BCUT2D eigenvalue weighted by Gasteiger charge is 2.16. The molecule has 0 bridgehead atoms. The van der Waals surface area contributed by atoms with Crippen LogP contribution in [-0.4, -0.2) is 62.0 Å². The van der Waals surface area contributed by atoms with Gasteiger partial charge in [-0.25, -0.2) is 0 Å². The van der Waals surface area contributed by atoms with Crippen LogP contribution in [-0.2, 0) is 14.3 Å². The van der Waals surface area contributed by atoms with E-state index in [1.165, 1.54) is 0 Å². The Hall–Kier alpha value is -0.940. The summed E-state index contributed by atoms with van der Waals surface area (Å²) in [6, 6.07) is 0. The minimum absolute atomic E-state index is 0.179. The fraction of sp³-hybridized carbons (Fsp3) is 0.750. The molecular weight excluding hydrogens is 172 g/mol. The predicted molar refractivity (Wildman–Crippen MR) is 46.1 cm³/mol. The number of esters is 1. The van der Waals surface area contributed by atoms with E-state index in [1.807, 2.05) is 11.9 Å². The molecule has 0 saturated carbocycles. The molecule has 0 unspecified atom stereocenters. The first-order valence-electron chi connectivity index (χ1n) is 4.26. The van der Waals surface area contributed by atoms with E-state index in [9.17, 15) is 9.59 Å². The second-order valence-electron chi connectivity index (χ2n) is 3.17. The van der Waals surface area contributed by atoms with Crippen LogP contribution in [0.1, 0.15) is 0 Å². The lowest BCUT2D eigenvalue weighted by atomic mass is 10.3. The van der Waals surface area contributed by atoms with Crippen LogP contribution in [0.4, 0.5) is 0 Å². The van der Waals surface area contributed by atoms with Crippen molar-refractivity contribution in [2.24, 2.45) is 0 Å². The lowest BCUT2D eigenvalue weighted by Gasteiger charge is -2.31. The third-order valence-corrected chi connectivity index (χ3v) is 2.13. The van der Waals surface area contributed by atoms with Gasteiger partial charge in [0.15, 0.2) is 0 Å². The minimum Gasteiger partial charge on any atom is -0.395 e. The number of hydrogen-bond acceptors (Lipinski definition) is 5. The third kappa shape index (κ3) is 3.52. The standard InChI is InChI=1S/C8H14N2O3/c1-9-2-4-10(5-3-9)6-8(12)13-7-11/h7H,2-6H2,1H3. The van der Waals surface area contributed by atoms with E-state index >= 15 is 0 Å². The van der Waals surface area contributed by atoms with Gasteiger partial charge >= 0.3 is 12.4 Å². The smallest absolute Gasteiger partial charge is 0.327 e. The zero-order chi connectivity index (χ0) is 9.68. The molecule has 5 nitrogen and oxygen atoms in total. The van der Waals surface area contributed by atoms with Crippen LogP contribution in [0.15, 0.2) is 0 Å². The monoisotopic (exact) mass is 186 g/mol. The second-order valence-corrected chi connectivity index (χ2v) is 3.17. The maximum atomic E-state index is 10.9. The van der Waals surface area contributed by atoms with Crippen molar-refractivity contribution in [3.8, 4) is 0 Å². The lowest BCUT2D eigenvalue weighted by molar-refractivity contribution is -0.152. The molecular formula is C8H14N2O3. The topological polar surface area (TPSA) is 49.9 Å². The van der Waals surface area contributed by atoms with Crippen molar-refractivity contribution in [1.82, 2.24) is 9.80 Å². The van der Waals surface area contributed by atoms with Crippen molar-refractivity contribution in [1.29, 1.82) is 0 Å². The number of ether oxygens (including phenoxy) is 1. The Labute approximate surface area is 77.2 Å². The Kier molecular flexibility index (Phi) is 3.85. The SMILES string of the molecule is CN1CCN(CC(=O)OC=O)CC1. The molecule has 0 aromatic rings. The largest absolute Gasteiger partial charge is 0.395 e. The number of hydrogen-bond donors (Lipinski definition) is 0. The fourth-order valence-corrected chi connectivity index (χ4v) is 1.28. The quantitative estimate of drug-likeness (QED) is 0.319. The maximum absolute atomic E-state index is 10.9. The van der Waals surface area contributed by atoms with Gasteiger partial charge in [0.2, 0.25) is 0 Å². The van der Waals surface area contributed by atoms with E-state index in [2.05, 4.69) is 9.64 Å². The number of likely N-dealkylation sites (N-methyl/N-ethyl adjacent to an activating group) is 1. The van der Waals surface area contributed by atoms with Crippen molar-refractivity contribution < 1.29 is 14.3 Å². The summed E-state index contributed by atoms with van der Waals surface area (Å²) in [4.78, 5) is 24.9. The van der Waals surface area contributed by atoms with Crippen LogP contribution < -0.4 is 0 Å². The Morgan fingerprint density at radius 2 is 2.00 bits per heavy atom. The van der Waals surface area contributed by atoms with Crippen molar-refractivity contribution in [2.75, 3.05) is 39.8 Å². The summed E-state index contributed by atoms with van der Waals surface area (Å²) < 4.78 is 4.20. The molecule has 1 heterocycles. The molecule has 1 aliphatic heterocycles. The zero-order valence-electron chi connectivity index (χ0n) is 7.73. The molecule has 1 fully saturated rings. The normalized spacial score (nSPS) is 19.8. The molecule has 1 rings (SSSR count). The van der Waals surface area contributed by atoms with Gasteiger partial charge in [0.25, 0.3) is 0 Å². The second kappa shape index (κ2) is 4.94. The Bertz CT molecular complexity index is 188. The highest BCUT2D eigenvalue weighted by Crippen LogP contribution is 1.98. The fourth-order valence-electron chi connectivity index (χ4n) is 1.28. The average molecular weight is 186 g/mol. The van der Waals surface area contributed by atoms with Crippen LogP contribution >= 0.6 is 0 Å². The van der Waals surface area contributed by atoms with Crippen LogP contribution in [0.25, 0.3) is 0 Å². The van der Waals surface area contributed by atoms with Crippen LogP contribution in [0, 0.1) is 0 Å². The molecule has 0 atom stereocenters. The zero-order valence-corrected chi connectivity index (χ0v) is 7.73. The number of rotatable bonds is 3. The van der Waals surface area contributed by atoms with Gasteiger partial charge in [0.1, 0.15) is 0 Å². The first kappa shape index (κ1) is 10.1. The Balaban J connectivity index is 2.22. The van der Waals surface area contributed by atoms with E-state index in [0.717, 1.165) is 26.2 Å². The van der Waals surface area contributed by atoms with Crippen molar-refractivity contribution in [3.05, 3.63) is 0 Å². The van der Waals surface area contributed by atoms with Gasteiger partial charge < -0.3 is 9.64 Å². The van der Waals surface area contributed by atoms with Crippen molar-refractivity contribution in [3.63, 3.8) is 0 Å². The van der Waals surface area contributed by atoms with Gasteiger partial charge in [-0.1, -0.05) is 0 Å². The molecule has 0 aromatic carbocycles. The summed E-state index contributed by atoms with van der Waals surface area (Å²) in [5, 5.41) is 0. The molecule has 0 spiro atoms. The first-order valence-corrected chi connectivity index (χ1v) is 4.26. The summed E-state index contributed by atoms with van der Waals surface area (Å²) in [5.74, 6) is -0.473. The molecule has 0 amide bonds. The summed E-state index contributed by atoms with van der Waals surface area (Å²) in [6.07, 6.45) is 0. The molecule has 13 heavy (non-hydrogen) atoms. The molecule has 1 aliphatic rings. The number of carbonyl (C=O) groups is 2. The molecule has 0 N–H and O–H groups in total. The highest BCUT2D eigenvalue weighted by molar-refractivity contribution is 5.78. The highest BCUT2D eigenvalue weighted by atomic mass is 16.6. The van der Waals surface area contributed by atoms with E-state index in [1.54, 1.807) is 0 Å². The number of carbonyl (C=O) groups excluding carboxylic acids is 2.